The van der Waals surface area contributed by atoms with Gasteiger partial charge < -0.3 is 15.5 Å². The van der Waals surface area contributed by atoms with Crippen LogP contribution >= 0.6 is 23.1 Å². The average Bonchev–Trinajstić information content (AvgIpc) is 3.07. The number of fused-ring (bicyclic) bond motifs is 1. The Balaban J connectivity index is 1.55. The van der Waals surface area contributed by atoms with Crippen LogP contribution < -0.4 is 11.1 Å². The molecule has 2 heterocycles. The monoisotopic (exact) mass is 320 g/mol. The number of nitrogens with zero attached hydrogens (tertiary/aromatic N) is 2. The van der Waals surface area contributed by atoms with Crippen molar-refractivity contribution >= 4 is 50.0 Å². The van der Waals surface area contributed by atoms with Gasteiger partial charge >= 0.3 is 0 Å². The van der Waals surface area contributed by atoms with Crippen molar-refractivity contribution in [3.63, 3.8) is 0 Å². The fourth-order valence-electron chi connectivity index (χ4n) is 1.69. The van der Waals surface area contributed by atoms with E-state index in [2.05, 4.69) is 15.3 Å². The van der Waals surface area contributed by atoms with Gasteiger partial charge in [0.1, 0.15) is 6.26 Å². The number of nitrogens with one attached hydrogen (secondary N) is 1. The number of nitrogen functional groups attached to an aromatic ring is 1. The fourth-order valence-corrected chi connectivity index (χ4v) is 3.34. The molecule has 0 atom stereocenters. The van der Waals surface area contributed by atoms with Crippen molar-refractivity contribution in [3.05, 3.63) is 30.7 Å². The number of amides is 1. The van der Waals surface area contributed by atoms with Crippen LogP contribution in [0.1, 0.15) is 6.42 Å². The first-order valence-corrected chi connectivity index (χ1v) is 7.99. The third-order valence-corrected chi connectivity index (χ3v) is 4.41. The molecule has 3 N–H and O–H groups in total. The highest BCUT2D eigenvalue weighted by Crippen LogP contribution is 2.27. The van der Waals surface area contributed by atoms with Crippen molar-refractivity contribution < 1.29 is 9.21 Å². The van der Waals surface area contributed by atoms with Crippen LogP contribution in [0.3, 0.4) is 0 Å². The Kier molecular flexibility index (Phi) is 4.07. The number of carbonyl (C=O) groups is 1. The minimum atomic E-state index is -0.0823. The van der Waals surface area contributed by atoms with Gasteiger partial charge in [-0.3, -0.25) is 4.79 Å². The summed E-state index contributed by atoms with van der Waals surface area (Å²) >= 11 is 2.81. The molecule has 0 fully saturated rings. The molecular formula is C13H12N4O2S2. The highest BCUT2D eigenvalue weighted by molar-refractivity contribution is 7.99. The van der Waals surface area contributed by atoms with E-state index in [0.717, 1.165) is 10.2 Å². The first-order valence-electron chi connectivity index (χ1n) is 6.19. The molecule has 21 heavy (non-hydrogen) atoms. The molecule has 0 saturated heterocycles. The average molecular weight is 320 g/mol. The number of hydrogen-bond donors (Lipinski definition) is 2. The largest absolute Gasteiger partial charge is 0.440 e. The van der Waals surface area contributed by atoms with Gasteiger partial charge in [-0.2, -0.15) is 0 Å². The summed E-state index contributed by atoms with van der Waals surface area (Å²) in [5.74, 6) is 0.519. The number of thiazole rings is 1. The summed E-state index contributed by atoms with van der Waals surface area (Å²) in [5, 5.41) is 3.95. The quantitative estimate of drug-likeness (QED) is 0.554. The predicted molar refractivity (Wildman–Crippen MR) is 84.5 cm³/mol. The molecule has 1 amide bonds. The second kappa shape index (κ2) is 6.15. The topological polar surface area (TPSA) is 94.0 Å². The molecule has 8 heteroatoms. The normalized spacial score (nSPS) is 10.9. The number of nitrogens with two attached hydrogens (primary N) is 1. The van der Waals surface area contributed by atoms with E-state index in [4.69, 9.17) is 10.2 Å². The number of rotatable bonds is 5. The summed E-state index contributed by atoms with van der Waals surface area (Å²) in [6.07, 6.45) is 3.45. The molecule has 0 saturated carbocycles. The molecule has 0 radical (unpaired) electrons. The Morgan fingerprint density at radius 1 is 1.48 bits per heavy atom. The Morgan fingerprint density at radius 2 is 2.38 bits per heavy atom. The third-order valence-electron chi connectivity index (χ3n) is 2.62. The number of carbonyl (C=O) groups excluding carboxylic acids is 1. The van der Waals surface area contributed by atoms with E-state index < -0.39 is 0 Å². The third kappa shape index (κ3) is 3.53. The van der Waals surface area contributed by atoms with Crippen molar-refractivity contribution in [2.24, 2.45) is 0 Å². The number of aromatic nitrogens is 2. The van der Waals surface area contributed by atoms with E-state index >= 15 is 0 Å². The molecule has 3 aromatic rings. The molecule has 0 aliphatic heterocycles. The minimum absolute atomic E-state index is 0.0823. The molecule has 6 nitrogen and oxygen atoms in total. The molecule has 0 aliphatic carbocycles. The maximum Gasteiger partial charge on any atom is 0.255 e. The van der Waals surface area contributed by atoms with Gasteiger partial charge in [0.25, 0.3) is 5.22 Å². The van der Waals surface area contributed by atoms with E-state index in [9.17, 15) is 4.79 Å². The van der Waals surface area contributed by atoms with Crippen molar-refractivity contribution in [1.29, 1.82) is 0 Å². The van der Waals surface area contributed by atoms with Crippen LogP contribution in [0.5, 0.6) is 0 Å². The number of thioether (sulfide) groups is 1. The lowest BCUT2D eigenvalue weighted by molar-refractivity contribution is -0.115. The lowest BCUT2D eigenvalue weighted by atomic mass is 10.3. The number of hydrogen-bond acceptors (Lipinski definition) is 7. The lowest BCUT2D eigenvalue weighted by Gasteiger charge is -1.99. The van der Waals surface area contributed by atoms with Gasteiger partial charge in [0, 0.05) is 17.9 Å². The molecular weight excluding hydrogens is 308 g/mol. The van der Waals surface area contributed by atoms with Crippen LogP contribution in [0.25, 0.3) is 10.2 Å². The standard InChI is InChI=1S/C13H12N4O2S2/c14-8-1-2-9-10(7-8)21-12(16-9)17-11(18)3-6-20-13-15-4-5-19-13/h1-2,4-5,7H,3,6,14H2,(H,16,17,18). The Morgan fingerprint density at radius 3 is 3.19 bits per heavy atom. The van der Waals surface area contributed by atoms with Gasteiger partial charge in [0.2, 0.25) is 5.91 Å². The molecule has 0 aliphatic rings. The van der Waals surface area contributed by atoms with Crippen molar-refractivity contribution in [2.75, 3.05) is 16.8 Å². The van der Waals surface area contributed by atoms with E-state index in [-0.39, 0.29) is 5.91 Å². The van der Waals surface area contributed by atoms with Crippen LogP contribution in [0, 0.1) is 0 Å². The van der Waals surface area contributed by atoms with E-state index in [1.165, 1.54) is 29.4 Å². The zero-order valence-corrected chi connectivity index (χ0v) is 12.5. The van der Waals surface area contributed by atoms with Crippen LogP contribution in [0.2, 0.25) is 0 Å². The highest BCUT2D eigenvalue weighted by atomic mass is 32.2. The first kappa shape index (κ1) is 13.9. The summed E-state index contributed by atoms with van der Waals surface area (Å²) < 4.78 is 6.04. The summed E-state index contributed by atoms with van der Waals surface area (Å²) in [5.41, 5.74) is 7.24. The second-order valence-electron chi connectivity index (χ2n) is 4.19. The van der Waals surface area contributed by atoms with Gasteiger partial charge in [-0.05, 0) is 18.2 Å². The minimum Gasteiger partial charge on any atom is -0.440 e. The predicted octanol–water partition coefficient (Wildman–Crippen LogP) is 2.99. The number of anilines is 2. The highest BCUT2D eigenvalue weighted by Gasteiger charge is 2.09. The van der Waals surface area contributed by atoms with Crippen molar-refractivity contribution in [3.8, 4) is 0 Å². The Labute approximate surface area is 128 Å². The summed E-state index contributed by atoms with van der Waals surface area (Å²) in [6, 6.07) is 5.48. The number of benzene rings is 1. The van der Waals surface area contributed by atoms with Gasteiger partial charge in [0.05, 0.1) is 16.4 Å². The first-order chi connectivity index (χ1) is 10.2. The summed E-state index contributed by atoms with van der Waals surface area (Å²) in [7, 11) is 0. The molecule has 0 spiro atoms. The molecule has 3 rings (SSSR count). The Bertz CT molecular complexity index is 755. The van der Waals surface area contributed by atoms with E-state index in [0.29, 0.717) is 28.2 Å². The summed E-state index contributed by atoms with van der Waals surface area (Å²) in [4.78, 5) is 20.2. The van der Waals surface area contributed by atoms with Crippen molar-refractivity contribution in [2.45, 2.75) is 11.6 Å². The molecule has 108 valence electrons. The van der Waals surface area contributed by atoms with Gasteiger partial charge in [0.15, 0.2) is 5.13 Å². The van der Waals surface area contributed by atoms with Gasteiger partial charge in [-0.25, -0.2) is 9.97 Å². The fraction of sp³-hybridized carbons (Fsp3) is 0.154. The second-order valence-corrected chi connectivity index (χ2v) is 6.27. The van der Waals surface area contributed by atoms with Crippen LogP contribution in [-0.4, -0.2) is 21.6 Å². The lowest BCUT2D eigenvalue weighted by Crippen LogP contribution is -2.11. The molecule has 1 aromatic carbocycles. The van der Waals surface area contributed by atoms with Gasteiger partial charge in [-0.1, -0.05) is 23.1 Å². The van der Waals surface area contributed by atoms with Gasteiger partial charge in [-0.15, -0.1) is 0 Å². The summed E-state index contributed by atoms with van der Waals surface area (Å²) in [6.45, 7) is 0. The zero-order chi connectivity index (χ0) is 14.7. The maximum atomic E-state index is 11.9. The maximum absolute atomic E-state index is 11.9. The van der Waals surface area contributed by atoms with Crippen LogP contribution in [-0.2, 0) is 4.79 Å². The van der Waals surface area contributed by atoms with Crippen molar-refractivity contribution in [1.82, 2.24) is 9.97 Å². The van der Waals surface area contributed by atoms with Crippen LogP contribution in [0.4, 0.5) is 10.8 Å². The van der Waals surface area contributed by atoms with E-state index in [1.807, 2.05) is 12.1 Å². The smallest absolute Gasteiger partial charge is 0.255 e. The zero-order valence-electron chi connectivity index (χ0n) is 10.9. The molecule has 0 unspecified atom stereocenters. The SMILES string of the molecule is Nc1ccc2nc(NC(=O)CCSc3ncco3)sc2c1. The van der Waals surface area contributed by atoms with Crippen LogP contribution in [0.15, 0.2) is 40.3 Å². The van der Waals surface area contributed by atoms with E-state index in [1.54, 1.807) is 12.3 Å². The Hall–Kier alpha value is -2.06. The molecule has 2 aromatic heterocycles. The number of oxazole rings is 1. The molecule has 0 bridgehead atoms.